The van der Waals surface area contributed by atoms with Gasteiger partial charge in [-0.15, -0.1) is 0 Å². The number of ether oxygens (including phenoxy) is 2. The Morgan fingerprint density at radius 3 is 2.70 bits per heavy atom. The molecule has 0 bridgehead atoms. The summed E-state index contributed by atoms with van der Waals surface area (Å²) in [6.45, 7) is 3.80. The van der Waals surface area contributed by atoms with Crippen LogP contribution >= 0.6 is 0 Å². The van der Waals surface area contributed by atoms with Crippen molar-refractivity contribution >= 4 is 13.1 Å². The van der Waals surface area contributed by atoms with Crippen molar-refractivity contribution in [3.05, 3.63) is 17.8 Å². The third-order valence-electron chi connectivity index (χ3n) is 3.19. The molecule has 1 aromatic heterocycles. The summed E-state index contributed by atoms with van der Waals surface area (Å²) < 4.78 is 10.1. The average Bonchev–Trinajstić information content (AvgIpc) is 2.46. The number of nitrogens with zero attached hydrogens (tertiary/aromatic N) is 3. The van der Waals surface area contributed by atoms with E-state index in [9.17, 15) is 5.02 Å². The van der Waals surface area contributed by atoms with Crippen LogP contribution in [0.1, 0.15) is 18.9 Å². The molecule has 1 rings (SSSR count). The first kappa shape index (κ1) is 16.5. The highest BCUT2D eigenvalue weighted by Crippen LogP contribution is 2.19. The maximum Gasteiger partial charge on any atom is 0.376 e. The Balaban J connectivity index is 2.71. The van der Waals surface area contributed by atoms with Crippen molar-refractivity contribution in [1.29, 1.82) is 0 Å². The van der Waals surface area contributed by atoms with Crippen molar-refractivity contribution in [3.63, 3.8) is 0 Å². The number of rotatable bonds is 7. The number of hydrogen-bond donors (Lipinski definition) is 1. The summed E-state index contributed by atoms with van der Waals surface area (Å²) in [5.41, 5.74) is 0.792. The second-order valence-corrected chi connectivity index (χ2v) is 4.61. The maximum absolute atomic E-state index is 9.50. The SMILES string of the molecule is COc1ncc(/C=C/C[C@H](C)N(C)B(C)O)c(OC)n1. The highest BCUT2D eigenvalue weighted by Gasteiger charge is 2.16. The van der Waals surface area contributed by atoms with Crippen LogP contribution in [0.15, 0.2) is 12.3 Å². The van der Waals surface area contributed by atoms with Gasteiger partial charge in [0, 0.05) is 12.2 Å². The van der Waals surface area contributed by atoms with Gasteiger partial charge in [-0.1, -0.05) is 19.1 Å². The first-order valence-electron chi connectivity index (χ1n) is 6.51. The molecule has 0 amide bonds. The lowest BCUT2D eigenvalue weighted by Crippen LogP contribution is -2.39. The summed E-state index contributed by atoms with van der Waals surface area (Å²) in [5.74, 6) is 0.477. The van der Waals surface area contributed by atoms with E-state index in [4.69, 9.17) is 9.47 Å². The molecule has 110 valence electrons. The molecule has 0 aliphatic heterocycles. The van der Waals surface area contributed by atoms with Crippen molar-refractivity contribution in [2.24, 2.45) is 0 Å². The van der Waals surface area contributed by atoms with Gasteiger partial charge in [-0.2, -0.15) is 4.98 Å². The van der Waals surface area contributed by atoms with Gasteiger partial charge in [-0.3, -0.25) is 0 Å². The average molecular weight is 279 g/mol. The molecule has 1 heterocycles. The Bertz CT molecular complexity index is 454. The topological polar surface area (TPSA) is 67.7 Å². The van der Waals surface area contributed by atoms with E-state index in [1.165, 1.54) is 7.11 Å². The summed E-state index contributed by atoms with van der Waals surface area (Å²) >= 11 is 0. The highest BCUT2D eigenvalue weighted by molar-refractivity contribution is 6.45. The minimum atomic E-state index is -0.461. The van der Waals surface area contributed by atoms with Gasteiger partial charge in [0.15, 0.2) is 0 Å². The van der Waals surface area contributed by atoms with Gasteiger partial charge in [-0.05, 0) is 20.3 Å². The lowest BCUT2D eigenvalue weighted by atomic mass is 9.83. The molecule has 0 aliphatic carbocycles. The van der Waals surface area contributed by atoms with Crippen LogP contribution in [0.5, 0.6) is 11.9 Å². The van der Waals surface area contributed by atoms with Gasteiger partial charge >= 0.3 is 13.1 Å². The Hall–Kier alpha value is -1.60. The number of hydrogen-bond acceptors (Lipinski definition) is 6. The first-order valence-corrected chi connectivity index (χ1v) is 6.51. The summed E-state index contributed by atoms with van der Waals surface area (Å²) in [6, 6.07) is 0.512. The molecule has 1 atom stereocenters. The molecule has 7 heteroatoms. The smallest absolute Gasteiger partial charge is 0.376 e. The Morgan fingerprint density at radius 2 is 2.15 bits per heavy atom. The molecular weight excluding hydrogens is 257 g/mol. The minimum absolute atomic E-state index is 0.233. The van der Waals surface area contributed by atoms with Crippen LogP contribution in [0.25, 0.3) is 6.08 Å². The maximum atomic E-state index is 9.50. The van der Waals surface area contributed by atoms with Crippen molar-refractivity contribution in [3.8, 4) is 11.9 Å². The fraction of sp³-hybridized carbons (Fsp3) is 0.538. The van der Waals surface area contributed by atoms with Crippen LogP contribution in [0, 0.1) is 0 Å². The van der Waals surface area contributed by atoms with E-state index < -0.39 is 7.05 Å². The molecule has 0 aliphatic rings. The lowest BCUT2D eigenvalue weighted by molar-refractivity contribution is 0.348. The highest BCUT2D eigenvalue weighted by atomic mass is 16.5. The van der Waals surface area contributed by atoms with Gasteiger partial charge in [0.05, 0.1) is 19.8 Å². The molecular formula is C13H22BN3O3. The fourth-order valence-electron chi connectivity index (χ4n) is 1.66. The van der Waals surface area contributed by atoms with Crippen molar-refractivity contribution < 1.29 is 14.5 Å². The number of methoxy groups -OCH3 is 2. The van der Waals surface area contributed by atoms with E-state index in [-0.39, 0.29) is 12.1 Å². The van der Waals surface area contributed by atoms with E-state index in [0.717, 1.165) is 12.0 Å². The third-order valence-corrected chi connectivity index (χ3v) is 3.19. The summed E-state index contributed by atoms with van der Waals surface area (Å²) in [4.78, 5) is 10.1. The molecule has 0 unspecified atom stereocenters. The Morgan fingerprint density at radius 1 is 1.45 bits per heavy atom. The van der Waals surface area contributed by atoms with E-state index in [0.29, 0.717) is 5.88 Å². The quantitative estimate of drug-likeness (QED) is 0.759. The van der Waals surface area contributed by atoms with Crippen LogP contribution in [-0.2, 0) is 0 Å². The van der Waals surface area contributed by atoms with E-state index >= 15 is 0 Å². The van der Waals surface area contributed by atoms with Crippen LogP contribution in [-0.4, -0.2) is 54.2 Å². The molecule has 0 spiro atoms. The number of aromatic nitrogens is 2. The lowest BCUT2D eigenvalue weighted by Gasteiger charge is -2.24. The van der Waals surface area contributed by atoms with Crippen LogP contribution in [0.2, 0.25) is 6.82 Å². The first-order chi connectivity index (χ1) is 9.49. The van der Waals surface area contributed by atoms with E-state index in [2.05, 4.69) is 16.9 Å². The second-order valence-electron chi connectivity index (χ2n) is 4.61. The summed E-state index contributed by atoms with van der Waals surface area (Å²) in [6.07, 6.45) is 6.38. The Kier molecular flexibility index (Phi) is 6.47. The monoisotopic (exact) mass is 279 g/mol. The van der Waals surface area contributed by atoms with Crippen molar-refractivity contribution in [2.75, 3.05) is 21.3 Å². The molecule has 0 fully saturated rings. The fourth-order valence-corrected chi connectivity index (χ4v) is 1.66. The zero-order valence-corrected chi connectivity index (χ0v) is 12.7. The second kappa shape index (κ2) is 7.86. The predicted octanol–water partition coefficient (Wildman–Crippen LogP) is 1.33. The van der Waals surface area contributed by atoms with Crippen LogP contribution < -0.4 is 9.47 Å². The normalized spacial score (nSPS) is 12.8. The molecule has 0 saturated heterocycles. The van der Waals surface area contributed by atoms with Gasteiger partial charge in [-0.25, -0.2) is 4.98 Å². The van der Waals surface area contributed by atoms with Crippen LogP contribution in [0.3, 0.4) is 0 Å². The van der Waals surface area contributed by atoms with Gasteiger partial charge in [0.25, 0.3) is 0 Å². The van der Waals surface area contributed by atoms with Crippen LogP contribution in [0.4, 0.5) is 0 Å². The zero-order valence-electron chi connectivity index (χ0n) is 12.7. The van der Waals surface area contributed by atoms with Gasteiger partial charge in [0.1, 0.15) is 0 Å². The van der Waals surface area contributed by atoms with E-state index in [1.807, 2.05) is 24.0 Å². The predicted molar refractivity (Wildman–Crippen MR) is 79.8 cm³/mol. The summed E-state index contributed by atoms with van der Waals surface area (Å²) in [7, 11) is 4.50. The third kappa shape index (κ3) is 4.50. The van der Waals surface area contributed by atoms with Crippen molar-refractivity contribution in [1.82, 2.24) is 14.8 Å². The molecule has 0 aromatic carbocycles. The molecule has 20 heavy (non-hydrogen) atoms. The standard InChI is InChI=1S/C13H22BN3O3/c1-10(17(3)14(2)18)7-6-8-11-9-15-13(20-5)16-12(11)19-4/h6,8-10,18H,7H2,1-5H3/b8-6+/t10-/m0/s1. The largest absolute Gasteiger partial charge is 0.480 e. The van der Waals surface area contributed by atoms with Gasteiger partial charge < -0.3 is 19.3 Å². The molecule has 0 radical (unpaired) electrons. The molecule has 6 nitrogen and oxygen atoms in total. The zero-order chi connectivity index (χ0) is 15.1. The molecule has 1 aromatic rings. The minimum Gasteiger partial charge on any atom is -0.480 e. The Labute approximate surface area is 120 Å². The van der Waals surface area contributed by atoms with Crippen molar-refractivity contribution in [2.45, 2.75) is 26.2 Å². The summed E-state index contributed by atoms with van der Waals surface area (Å²) in [5, 5.41) is 9.50. The van der Waals surface area contributed by atoms with E-state index in [1.54, 1.807) is 20.1 Å². The van der Waals surface area contributed by atoms with Gasteiger partial charge in [0.2, 0.25) is 5.88 Å². The molecule has 0 saturated carbocycles. The molecule has 1 N–H and O–H groups in total.